The molecule has 1 N–H and O–H groups in total. The van der Waals surface area contributed by atoms with Crippen molar-refractivity contribution in [3.8, 4) is 0 Å². The van der Waals surface area contributed by atoms with Crippen LogP contribution in [0.2, 0.25) is 0 Å². The molecule has 0 aromatic heterocycles. The topological polar surface area (TPSA) is 49.4 Å². The van der Waals surface area contributed by atoms with Gasteiger partial charge in [0.25, 0.3) is 5.91 Å². The van der Waals surface area contributed by atoms with Gasteiger partial charge in [0.05, 0.1) is 29.0 Å². The number of fused-ring (bicyclic) bond motifs is 2. The van der Waals surface area contributed by atoms with Crippen LogP contribution in [0, 0.1) is 0 Å². The summed E-state index contributed by atoms with van der Waals surface area (Å²) in [6, 6.07) is 22.8. The lowest BCUT2D eigenvalue weighted by molar-refractivity contribution is -0.117. The molecule has 0 unspecified atom stereocenters. The highest BCUT2D eigenvalue weighted by Gasteiger charge is 2.28. The van der Waals surface area contributed by atoms with Crippen molar-refractivity contribution in [2.45, 2.75) is 19.3 Å². The first-order chi connectivity index (χ1) is 14.2. The first kappa shape index (κ1) is 19.4. The molecule has 0 atom stereocenters. The number of nitrogens with one attached hydrogen (secondary N) is 1. The Morgan fingerprint density at radius 2 is 1.52 bits per heavy atom. The van der Waals surface area contributed by atoms with Gasteiger partial charge in [-0.05, 0) is 48.2 Å². The van der Waals surface area contributed by atoms with Crippen LogP contribution in [-0.2, 0) is 17.6 Å². The molecule has 5 heteroatoms. The van der Waals surface area contributed by atoms with E-state index in [9.17, 15) is 9.59 Å². The van der Waals surface area contributed by atoms with Crippen LogP contribution in [0.5, 0.6) is 0 Å². The lowest BCUT2D eigenvalue weighted by atomic mass is 10.0. The zero-order valence-electron chi connectivity index (χ0n) is 15.9. The number of benzene rings is 3. The molecule has 0 saturated carbocycles. The second-order valence-electron chi connectivity index (χ2n) is 7.00. The number of alkyl halides is 1. The van der Waals surface area contributed by atoms with Gasteiger partial charge in [0.1, 0.15) is 0 Å². The fourth-order valence-electron chi connectivity index (χ4n) is 3.57. The van der Waals surface area contributed by atoms with Crippen molar-refractivity contribution in [1.29, 1.82) is 0 Å². The normalized spacial score (nSPS) is 12.6. The standard InChI is InChI=1S/C24H21BrN2O2/c25-15-5-6-17-11-13-18(14-12-17)16-23(28)27-21-9-3-1-7-19(21)24(29)26-20-8-2-4-10-22(20)27/h1-4,7-14H,5-6,15-16H2,(H,26,29). The quantitative estimate of drug-likeness (QED) is 0.524. The van der Waals surface area contributed by atoms with E-state index in [0.717, 1.165) is 23.7 Å². The van der Waals surface area contributed by atoms with E-state index in [4.69, 9.17) is 0 Å². The molecule has 0 bridgehead atoms. The number of carbonyl (C=O) groups is 2. The van der Waals surface area contributed by atoms with Crippen molar-refractivity contribution in [2.24, 2.45) is 0 Å². The molecule has 3 aromatic carbocycles. The van der Waals surface area contributed by atoms with E-state index in [1.807, 2.05) is 54.6 Å². The first-order valence-corrected chi connectivity index (χ1v) is 10.8. The summed E-state index contributed by atoms with van der Waals surface area (Å²) in [4.78, 5) is 27.7. The highest BCUT2D eigenvalue weighted by atomic mass is 79.9. The van der Waals surface area contributed by atoms with Crippen LogP contribution in [0.15, 0.2) is 72.8 Å². The summed E-state index contributed by atoms with van der Waals surface area (Å²) < 4.78 is 0. The molecule has 29 heavy (non-hydrogen) atoms. The maximum Gasteiger partial charge on any atom is 0.257 e. The SMILES string of the molecule is O=C1Nc2ccccc2N(C(=O)Cc2ccc(CCCBr)cc2)c2ccccc21. The summed E-state index contributed by atoms with van der Waals surface area (Å²) in [5.74, 6) is -0.283. The Kier molecular flexibility index (Phi) is 5.76. The van der Waals surface area contributed by atoms with Crippen LogP contribution < -0.4 is 10.2 Å². The first-order valence-electron chi connectivity index (χ1n) is 9.63. The molecule has 4 rings (SSSR count). The van der Waals surface area contributed by atoms with Crippen molar-refractivity contribution in [2.75, 3.05) is 15.5 Å². The number of halogens is 1. The lowest BCUT2D eigenvalue weighted by Gasteiger charge is -2.24. The number of aryl methyl sites for hydroxylation is 1. The van der Waals surface area contributed by atoms with Crippen molar-refractivity contribution >= 4 is 44.8 Å². The van der Waals surface area contributed by atoms with Gasteiger partial charge in [-0.3, -0.25) is 14.5 Å². The third-order valence-corrected chi connectivity index (χ3v) is 5.57. The molecule has 0 aliphatic carbocycles. The molecule has 1 aliphatic heterocycles. The number of nitrogens with zero attached hydrogens (tertiary/aromatic N) is 1. The molecule has 0 saturated heterocycles. The average molecular weight is 449 g/mol. The van der Waals surface area contributed by atoms with Crippen LogP contribution >= 0.6 is 15.9 Å². The fourth-order valence-corrected chi connectivity index (χ4v) is 3.85. The minimum atomic E-state index is -0.209. The Balaban J connectivity index is 1.67. The maximum atomic E-state index is 13.4. The van der Waals surface area contributed by atoms with Crippen molar-refractivity contribution in [1.82, 2.24) is 0 Å². The average Bonchev–Trinajstić information content (AvgIpc) is 2.87. The Morgan fingerprint density at radius 3 is 2.28 bits per heavy atom. The highest BCUT2D eigenvalue weighted by Crippen LogP contribution is 2.38. The predicted octanol–water partition coefficient (Wildman–Crippen LogP) is 5.49. The van der Waals surface area contributed by atoms with E-state index < -0.39 is 0 Å². The van der Waals surface area contributed by atoms with Crippen LogP contribution in [0.4, 0.5) is 17.1 Å². The van der Waals surface area contributed by atoms with Crippen LogP contribution in [0.25, 0.3) is 0 Å². The fraction of sp³-hybridized carbons (Fsp3) is 0.167. The monoisotopic (exact) mass is 448 g/mol. The number of carbonyl (C=O) groups excluding carboxylic acids is 2. The van der Waals surface area contributed by atoms with Gasteiger partial charge >= 0.3 is 0 Å². The smallest absolute Gasteiger partial charge is 0.257 e. The summed E-state index contributed by atoms with van der Waals surface area (Å²) in [7, 11) is 0. The second-order valence-corrected chi connectivity index (χ2v) is 7.80. The van der Waals surface area contributed by atoms with Crippen molar-refractivity contribution < 1.29 is 9.59 Å². The molecule has 1 heterocycles. The van der Waals surface area contributed by atoms with E-state index >= 15 is 0 Å². The van der Waals surface area contributed by atoms with E-state index in [0.29, 0.717) is 22.6 Å². The molecule has 0 spiro atoms. The van der Waals surface area contributed by atoms with Crippen LogP contribution in [0.3, 0.4) is 0 Å². The van der Waals surface area contributed by atoms with E-state index in [1.54, 1.807) is 11.0 Å². The van der Waals surface area contributed by atoms with Gasteiger partial charge < -0.3 is 5.32 Å². The third kappa shape index (κ3) is 4.10. The van der Waals surface area contributed by atoms with E-state index in [1.165, 1.54) is 5.56 Å². The highest BCUT2D eigenvalue weighted by molar-refractivity contribution is 9.09. The maximum absolute atomic E-state index is 13.4. The minimum Gasteiger partial charge on any atom is -0.320 e. The molecule has 4 nitrogen and oxygen atoms in total. The molecular formula is C24H21BrN2O2. The van der Waals surface area contributed by atoms with Gasteiger partial charge in [-0.1, -0.05) is 64.5 Å². The number of amides is 2. The molecule has 1 aliphatic rings. The summed E-state index contributed by atoms with van der Waals surface area (Å²) in [5.41, 5.74) is 4.63. The van der Waals surface area contributed by atoms with Gasteiger partial charge in [0, 0.05) is 5.33 Å². The van der Waals surface area contributed by atoms with Gasteiger partial charge in [0.15, 0.2) is 0 Å². The zero-order chi connectivity index (χ0) is 20.2. The van der Waals surface area contributed by atoms with Crippen LogP contribution in [-0.4, -0.2) is 17.1 Å². The van der Waals surface area contributed by atoms with Crippen molar-refractivity contribution in [3.05, 3.63) is 89.5 Å². The molecule has 3 aromatic rings. The second kappa shape index (κ2) is 8.62. The molecule has 2 amide bonds. The predicted molar refractivity (Wildman–Crippen MR) is 120 cm³/mol. The van der Waals surface area contributed by atoms with Gasteiger partial charge in [-0.15, -0.1) is 0 Å². The third-order valence-electron chi connectivity index (χ3n) is 5.01. The van der Waals surface area contributed by atoms with E-state index in [2.05, 4.69) is 33.4 Å². The number of para-hydroxylation sites is 3. The summed E-state index contributed by atoms with van der Waals surface area (Å²) in [6.45, 7) is 0. The molecule has 0 radical (unpaired) electrons. The molecular weight excluding hydrogens is 428 g/mol. The Bertz CT molecular complexity index is 1050. The van der Waals surface area contributed by atoms with Gasteiger partial charge in [-0.2, -0.15) is 0 Å². The molecule has 0 fully saturated rings. The van der Waals surface area contributed by atoms with Gasteiger partial charge in [0.2, 0.25) is 5.91 Å². The summed E-state index contributed by atoms with van der Waals surface area (Å²) in [5, 5.41) is 3.90. The number of anilines is 3. The lowest BCUT2D eigenvalue weighted by Crippen LogP contribution is -2.28. The molecule has 146 valence electrons. The summed E-state index contributed by atoms with van der Waals surface area (Å²) in [6.07, 6.45) is 2.36. The Hall–Kier alpha value is -2.92. The number of rotatable bonds is 5. The Labute approximate surface area is 178 Å². The zero-order valence-corrected chi connectivity index (χ0v) is 17.5. The largest absolute Gasteiger partial charge is 0.320 e. The van der Waals surface area contributed by atoms with Crippen LogP contribution in [0.1, 0.15) is 27.9 Å². The number of hydrogen-bond donors (Lipinski definition) is 1. The Morgan fingerprint density at radius 1 is 0.862 bits per heavy atom. The summed E-state index contributed by atoms with van der Waals surface area (Å²) >= 11 is 3.46. The van der Waals surface area contributed by atoms with Gasteiger partial charge in [-0.25, -0.2) is 0 Å². The minimum absolute atomic E-state index is 0.0744. The number of hydrogen-bond acceptors (Lipinski definition) is 2. The van der Waals surface area contributed by atoms with E-state index in [-0.39, 0.29) is 18.2 Å². The van der Waals surface area contributed by atoms with Crippen molar-refractivity contribution in [3.63, 3.8) is 0 Å².